The second-order valence-electron chi connectivity index (χ2n) is 16.2. The van der Waals surface area contributed by atoms with E-state index in [-0.39, 0.29) is 0 Å². The van der Waals surface area contributed by atoms with Crippen molar-refractivity contribution in [1.29, 1.82) is 0 Å². The fourth-order valence-electron chi connectivity index (χ4n) is 9.36. The van der Waals surface area contributed by atoms with Crippen molar-refractivity contribution in [2.45, 2.75) is 0 Å². The number of furan rings is 2. The highest BCUT2D eigenvalue weighted by atomic mass is 16.3. The lowest BCUT2D eigenvalue weighted by Crippen LogP contribution is -1.98. The number of hydrogen-bond donors (Lipinski definition) is 0. The van der Waals surface area contributed by atoms with Gasteiger partial charge in [-0.25, -0.2) is 9.97 Å². The molecule has 5 nitrogen and oxygen atoms in total. The first kappa shape index (κ1) is 35.2. The van der Waals surface area contributed by atoms with Crippen molar-refractivity contribution >= 4 is 65.7 Å². The second kappa shape index (κ2) is 14.0. The second-order valence-corrected chi connectivity index (χ2v) is 16.2. The van der Waals surface area contributed by atoms with Gasteiger partial charge < -0.3 is 13.4 Å². The maximum atomic E-state index is 6.39. The Balaban J connectivity index is 0.987. The minimum atomic E-state index is 0.635. The van der Waals surface area contributed by atoms with Crippen molar-refractivity contribution in [1.82, 2.24) is 14.5 Å². The predicted octanol–water partition coefficient (Wildman–Crippen LogP) is 15.7. The molecular formula is C58H35N3O2. The molecule has 0 unspecified atom stereocenters. The summed E-state index contributed by atoms with van der Waals surface area (Å²) in [7, 11) is 0. The van der Waals surface area contributed by atoms with Crippen LogP contribution in [0.15, 0.2) is 221 Å². The molecule has 0 radical (unpaired) electrons. The quantitative estimate of drug-likeness (QED) is 0.168. The van der Waals surface area contributed by atoms with Gasteiger partial charge in [0.2, 0.25) is 0 Å². The van der Waals surface area contributed by atoms with Crippen LogP contribution in [0.1, 0.15) is 0 Å². The van der Waals surface area contributed by atoms with Crippen LogP contribution in [0.5, 0.6) is 0 Å². The minimum absolute atomic E-state index is 0.635. The first-order valence-corrected chi connectivity index (χ1v) is 21.2. The van der Waals surface area contributed by atoms with Gasteiger partial charge in [0.15, 0.2) is 5.82 Å². The van der Waals surface area contributed by atoms with E-state index in [4.69, 9.17) is 18.8 Å². The SMILES string of the molecule is c1ccc(-c2cc(-c3ccc(-n4c5ccccc5c5ccccc54)cc3)nc(-c3cc(-c4ccc5c(c4)oc4ccccc45)cc(-c4ccc5c(c4)oc4ccccc45)c3)n2)cc1. The first-order chi connectivity index (χ1) is 31.2. The Kier molecular flexibility index (Phi) is 7.84. The smallest absolute Gasteiger partial charge is 0.160 e. The maximum Gasteiger partial charge on any atom is 0.160 e. The van der Waals surface area contributed by atoms with Crippen molar-refractivity contribution in [3.63, 3.8) is 0 Å². The molecule has 63 heavy (non-hydrogen) atoms. The molecule has 13 rings (SSSR count). The Morgan fingerprint density at radius 1 is 0.286 bits per heavy atom. The average Bonchev–Trinajstić information content (AvgIpc) is 4.03. The van der Waals surface area contributed by atoms with E-state index in [1.54, 1.807) is 0 Å². The number of para-hydroxylation sites is 4. The van der Waals surface area contributed by atoms with Crippen molar-refractivity contribution in [3.8, 4) is 61.8 Å². The fraction of sp³-hybridized carbons (Fsp3) is 0. The van der Waals surface area contributed by atoms with Gasteiger partial charge >= 0.3 is 0 Å². The van der Waals surface area contributed by atoms with Gasteiger partial charge in [-0.05, 0) is 107 Å². The molecule has 0 N–H and O–H groups in total. The topological polar surface area (TPSA) is 57.0 Å². The van der Waals surface area contributed by atoms with Crippen LogP contribution >= 0.6 is 0 Å². The monoisotopic (exact) mass is 805 g/mol. The van der Waals surface area contributed by atoms with Crippen molar-refractivity contribution in [3.05, 3.63) is 212 Å². The van der Waals surface area contributed by atoms with Crippen LogP contribution in [-0.2, 0) is 0 Å². The molecule has 9 aromatic carbocycles. The molecule has 0 bridgehead atoms. The van der Waals surface area contributed by atoms with Crippen LogP contribution in [0.25, 0.3) is 128 Å². The molecule has 0 aliphatic heterocycles. The lowest BCUT2D eigenvalue weighted by molar-refractivity contribution is 0.668. The van der Waals surface area contributed by atoms with Gasteiger partial charge in [-0.15, -0.1) is 0 Å². The van der Waals surface area contributed by atoms with Gasteiger partial charge in [0.1, 0.15) is 22.3 Å². The van der Waals surface area contributed by atoms with Gasteiger partial charge in [-0.1, -0.05) is 127 Å². The van der Waals surface area contributed by atoms with Crippen molar-refractivity contribution < 1.29 is 8.83 Å². The molecule has 0 saturated carbocycles. The van der Waals surface area contributed by atoms with Gasteiger partial charge in [0.25, 0.3) is 0 Å². The third kappa shape index (κ3) is 5.86. The third-order valence-electron chi connectivity index (χ3n) is 12.4. The predicted molar refractivity (Wildman–Crippen MR) is 258 cm³/mol. The Hall–Kier alpha value is -8.54. The number of fused-ring (bicyclic) bond motifs is 9. The van der Waals surface area contributed by atoms with Crippen molar-refractivity contribution in [2.24, 2.45) is 0 Å². The largest absolute Gasteiger partial charge is 0.456 e. The highest BCUT2D eigenvalue weighted by Gasteiger charge is 2.17. The summed E-state index contributed by atoms with van der Waals surface area (Å²) in [6.45, 7) is 0. The Morgan fingerprint density at radius 2 is 0.714 bits per heavy atom. The molecule has 5 heteroatoms. The summed E-state index contributed by atoms with van der Waals surface area (Å²) in [6.07, 6.45) is 0. The van der Waals surface area contributed by atoms with E-state index in [9.17, 15) is 0 Å². The molecular weight excluding hydrogens is 771 g/mol. The molecule has 0 aliphatic rings. The number of nitrogens with zero attached hydrogens (tertiary/aromatic N) is 3. The normalized spacial score (nSPS) is 11.8. The van der Waals surface area contributed by atoms with E-state index in [0.717, 1.165) is 99.9 Å². The maximum absolute atomic E-state index is 6.39. The summed E-state index contributed by atoms with van der Waals surface area (Å²) in [5.41, 5.74) is 15.6. The van der Waals surface area contributed by atoms with Gasteiger partial charge in [-0.2, -0.15) is 0 Å². The summed E-state index contributed by atoms with van der Waals surface area (Å²) in [4.78, 5) is 10.7. The molecule has 0 fully saturated rings. The average molecular weight is 806 g/mol. The molecule has 0 atom stereocenters. The lowest BCUT2D eigenvalue weighted by atomic mass is 9.94. The van der Waals surface area contributed by atoms with Crippen LogP contribution in [0.3, 0.4) is 0 Å². The van der Waals surface area contributed by atoms with Gasteiger partial charge in [0, 0.05) is 54.7 Å². The molecule has 0 aliphatic carbocycles. The van der Waals surface area contributed by atoms with Crippen LogP contribution in [-0.4, -0.2) is 14.5 Å². The molecule has 13 aromatic rings. The lowest BCUT2D eigenvalue weighted by Gasteiger charge is -2.14. The van der Waals surface area contributed by atoms with E-state index in [2.05, 4.69) is 187 Å². The Morgan fingerprint density at radius 3 is 1.27 bits per heavy atom. The molecule has 4 heterocycles. The summed E-state index contributed by atoms with van der Waals surface area (Å²) >= 11 is 0. The van der Waals surface area contributed by atoms with E-state index in [1.165, 1.54) is 21.8 Å². The van der Waals surface area contributed by atoms with E-state index in [1.807, 2.05) is 30.3 Å². The number of rotatable bonds is 6. The zero-order valence-corrected chi connectivity index (χ0v) is 33.9. The molecule has 294 valence electrons. The number of aromatic nitrogens is 3. The molecule has 0 spiro atoms. The fourth-order valence-corrected chi connectivity index (χ4v) is 9.36. The van der Waals surface area contributed by atoms with Crippen LogP contribution in [0, 0.1) is 0 Å². The van der Waals surface area contributed by atoms with Crippen LogP contribution in [0.4, 0.5) is 0 Å². The minimum Gasteiger partial charge on any atom is -0.456 e. The van der Waals surface area contributed by atoms with Gasteiger partial charge in [-0.3, -0.25) is 0 Å². The van der Waals surface area contributed by atoms with Crippen molar-refractivity contribution in [2.75, 3.05) is 0 Å². The summed E-state index contributed by atoms with van der Waals surface area (Å²) < 4.78 is 15.1. The first-order valence-electron chi connectivity index (χ1n) is 21.2. The Labute approximate surface area is 361 Å². The summed E-state index contributed by atoms with van der Waals surface area (Å²) in [5, 5.41) is 6.87. The Bertz CT molecular complexity index is 3730. The van der Waals surface area contributed by atoms with E-state index < -0.39 is 0 Å². The number of benzene rings is 9. The third-order valence-corrected chi connectivity index (χ3v) is 12.4. The van der Waals surface area contributed by atoms with Crippen LogP contribution < -0.4 is 0 Å². The van der Waals surface area contributed by atoms with Crippen LogP contribution in [0.2, 0.25) is 0 Å². The highest BCUT2D eigenvalue weighted by Crippen LogP contribution is 2.39. The van der Waals surface area contributed by atoms with Gasteiger partial charge in [0.05, 0.1) is 22.4 Å². The number of hydrogen-bond acceptors (Lipinski definition) is 4. The molecule has 0 amide bonds. The summed E-state index contributed by atoms with van der Waals surface area (Å²) in [6, 6.07) is 74.4. The molecule has 0 saturated heterocycles. The molecule has 4 aromatic heterocycles. The summed E-state index contributed by atoms with van der Waals surface area (Å²) in [5.74, 6) is 0.635. The zero-order chi connectivity index (χ0) is 41.4. The zero-order valence-electron chi connectivity index (χ0n) is 33.9. The highest BCUT2D eigenvalue weighted by molar-refractivity contribution is 6.10. The standard InChI is InChI=1S/C58H35N3O2/c1-2-12-36(13-3-1)50-35-51(37-22-26-43(27-23-37)61-52-18-8-4-14-44(52)45-15-5-9-19-53(45)61)60-58(59-50)42-31-40(38-24-28-48-46-16-6-10-20-54(46)62-56(48)33-38)30-41(32-42)39-25-29-49-47-17-7-11-21-55(47)63-57(49)34-39/h1-35H. The van der Waals surface area contributed by atoms with E-state index >= 15 is 0 Å². The van der Waals surface area contributed by atoms with E-state index in [0.29, 0.717) is 5.82 Å².